The van der Waals surface area contributed by atoms with Crippen LogP contribution >= 0.6 is 0 Å². The first-order valence-corrected chi connectivity index (χ1v) is 13.2. The fourth-order valence-electron chi connectivity index (χ4n) is 4.02. The number of hydrogen-bond acceptors (Lipinski definition) is 6. The fourth-order valence-corrected chi connectivity index (χ4v) is 4.02. The number of anilines is 1. The number of pyridine rings is 1. The van der Waals surface area contributed by atoms with E-state index in [0.29, 0.717) is 18.0 Å². The van der Waals surface area contributed by atoms with E-state index < -0.39 is 17.8 Å². The molecular weight excluding hydrogens is 512 g/mol. The molecule has 0 saturated carbocycles. The summed E-state index contributed by atoms with van der Waals surface area (Å²) < 4.78 is 11.0. The summed E-state index contributed by atoms with van der Waals surface area (Å²) in [6.07, 6.45) is 9.64. The summed E-state index contributed by atoms with van der Waals surface area (Å²) in [6.45, 7) is 0.439. The lowest BCUT2D eigenvalue weighted by atomic mass is 10.0. The second-order valence-electron chi connectivity index (χ2n) is 9.16. The van der Waals surface area contributed by atoms with Crippen LogP contribution in [0.2, 0.25) is 0 Å². The Hall–Kier alpha value is -4.66. The zero-order valence-electron chi connectivity index (χ0n) is 22.5. The number of carbonyl (C=O) groups excluding carboxylic acids is 1. The highest BCUT2D eigenvalue weighted by atomic mass is 16.5. The van der Waals surface area contributed by atoms with Crippen molar-refractivity contribution >= 4 is 29.6 Å². The van der Waals surface area contributed by atoms with Crippen molar-refractivity contribution in [2.75, 3.05) is 19.0 Å². The van der Waals surface area contributed by atoms with Crippen LogP contribution in [0.1, 0.15) is 70.6 Å². The van der Waals surface area contributed by atoms with Gasteiger partial charge in [-0.3, -0.25) is 4.79 Å². The van der Waals surface area contributed by atoms with Gasteiger partial charge in [-0.25, -0.2) is 14.6 Å². The molecule has 0 aliphatic rings. The summed E-state index contributed by atoms with van der Waals surface area (Å²) in [5.41, 5.74) is 1.90. The number of ether oxygens (including phenoxy) is 2. The van der Waals surface area contributed by atoms with Gasteiger partial charge in [0.1, 0.15) is 22.9 Å². The standard InChI is InChI=1S/C31H34N2O7/c1-39-25-14-12-22(13-15-25)9-6-4-2-3-5-7-20-40-28-18-16-27(33-26(28)17-19-29(34)35)30(36)32-24-11-8-10-23(21-24)31(37)38/h8,10-19,21H,2-7,9,20H2,1H3,(H,32,36)(H,34,35)(H,37,38). The van der Waals surface area contributed by atoms with Crippen molar-refractivity contribution in [2.24, 2.45) is 0 Å². The molecule has 3 N–H and O–H groups in total. The number of carbonyl (C=O) groups is 3. The molecule has 1 heterocycles. The fraction of sp³-hybridized carbons (Fsp3) is 0.290. The molecule has 9 heteroatoms. The molecule has 0 fully saturated rings. The smallest absolute Gasteiger partial charge is 0.335 e. The summed E-state index contributed by atoms with van der Waals surface area (Å²) in [6, 6.07) is 17.1. The lowest BCUT2D eigenvalue weighted by Crippen LogP contribution is -2.15. The Labute approximate surface area is 233 Å². The summed E-state index contributed by atoms with van der Waals surface area (Å²) >= 11 is 0. The van der Waals surface area contributed by atoms with Crippen LogP contribution in [0.3, 0.4) is 0 Å². The molecule has 3 aromatic rings. The van der Waals surface area contributed by atoms with E-state index in [1.165, 1.54) is 35.9 Å². The predicted molar refractivity (Wildman–Crippen MR) is 152 cm³/mol. The molecule has 0 spiro atoms. The highest BCUT2D eigenvalue weighted by molar-refractivity contribution is 6.03. The van der Waals surface area contributed by atoms with E-state index in [4.69, 9.17) is 19.7 Å². The number of unbranched alkanes of at least 4 members (excludes halogenated alkanes) is 5. The molecule has 40 heavy (non-hydrogen) atoms. The summed E-state index contributed by atoms with van der Waals surface area (Å²) in [5, 5.41) is 20.8. The highest BCUT2D eigenvalue weighted by Crippen LogP contribution is 2.21. The molecule has 0 atom stereocenters. The van der Waals surface area contributed by atoms with Crippen molar-refractivity contribution in [2.45, 2.75) is 44.9 Å². The number of nitrogens with one attached hydrogen (secondary N) is 1. The molecule has 0 aliphatic heterocycles. The van der Waals surface area contributed by atoms with Gasteiger partial charge in [-0.05, 0) is 73.4 Å². The maximum Gasteiger partial charge on any atom is 0.335 e. The summed E-state index contributed by atoms with van der Waals surface area (Å²) in [4.78, 5) is 39.2. The molecule has 2 aromatic carbocycles. The number of carboxylic acids is 2. The molecule has 0 unspecified atom stereocenters. The van der Waals surface area contributed by atoms with E-state index in [-0.39, 0.29) is 17.0 Å². The van der Waals surface area contributed by atoms with Crippen LogP contribution in [-0.4, -0.2) is 46.8 Å². The Morgan fingerprint density at radius 3 is 2.33 bits per heavy atom. The van der Waals surface area contributed by atoms with Gasteiger partial charge in [0.05, 0.1) is 19.3 Å². The number of aromatic carboxylic acids is 1. The van der Waals surface area contributed by atoms with Crippen LogP contribution in [0.5, 0.6) is 11.5 Å². The van der Waals surface area contributed by atoms with Crippen LogP contribution in [0.25, 0.3) is 6.08 Å². The van der Waals surface area contributed by atoms with Gasteiger partial charge in [-0.2, -0.15) is 0 Å². The number of methoxy groups -OCH3 is 1. The number of aliphatic carboxylic acids is 1. The van der Waals surface area contributed by atoms with Gasteiger partial charge >= 0.3 is 11.9 Å². The van der Waals surface area contributed by atoms with Crippen LogP contribution in [0.4, 0.5) is 5.69 Å². The maximum absolute atomic E-state index is 12.7. The van der Waals surface area contributed by atoms with Gasteiger partial charge in [0.2, 0.25) is 0 Å². The van der Waals surface area contributed by atoms with E-state index in [1.807, 2.05) is 12.1 Å². The van der Waals surface area contributed by atoms with Gasteiger partial charge in [0.25, 0.3) is 5.91 Å². The lowest BCUT2D eigenvalue weighted by molar-refractivity contribution is -0.131. The number of hydrogen-bond donors (Lipinski definition) is 3. The molecule has 0 aliphatic carbocycles. The number of rotatable bonds is 16. The minimum atomic E-state index is -1.15. The lowest BCUT2D eigenvalue weighted by Gasteiger charge is -2.11. The number of benzene rings is 2. The Morgan fingerprint density at radius 1 is 0.900 bits per heavy atom. The Kier molecular flexibility index (Phi) is 11.7. The van der Waals surface area contributed by atoms with Gasteiger partial charge in [0.15, 0.2) is 0 Å². The molecule has 1 amide bonds. The third kappa shape index (κ3) is 9.90. The van der Waals surface area contributed by atoms with Crippen LogP contribution in [0, 0.1) is 0 Å². The van der Waals surface area contributed by atoms with Crippen molar-refractivity contribution in [3.63, 3.8) is 0 Å². The minimum Gasteiger partial charge on any atom is -0.497 e. The maximum atomic E-state index is 12.7. The number of aryl methyl sites for hydroxylation is 1. The zero-order chi connectivity index (χ0) is 28.7. The Morgan fingerprint density at radius 2 is 1.62 bits per heavy atom. The van der Waals surface area contributed by atoms with Gasteiger partial charge in [-0.1, -0.05) is 43.9 Å². The van der Waals surface area contributed by atoms with Crippen molar-refractivity contribution in [3.8, 4) is 11.5 Å². The van der Waals surface area contributed by atoms with Crippen molar-refractivity contribution in [3.05, 3.63) is 89.3 Å². The first-order valence-electron chi connectivity index (χ1n) is 13.2. The van der Waals surface area contributed by atoms with Crippen LogP contribution < -0.4 is 14.8 Å². The number of nitrogens with zero attached hydrogens (tertiary/aromatic N) is 1. The quantitative estimate of drug-likeness (QED) is 0.145. The molecule has 210 valence electrons. The number of aromatic nitrogens is 1. The normalized spacial score (nSPS) is 10.8. The topological polar surface area (TPSA) is 135 Å². The molecule has 0 radical (unpaired) electrons. The molecular formula is C31H34N2O7. The molecule has 9 nitrogen and oxygen atoms in total. The van der Waals surface area contributed by atoms with Crippen LogP contribution in [0.15, 0.2) is 66.7 Å². The van der Waals surface area contributed by atoms with E-state index >= 15 is 0 Å². The SMILES string of the molecule is COc1ccc(CCCCCCCCOc2ccc(C(=O)Nc3cccc(C(=O)O)c3)nc2C=CC(=O)O)cc1. The van der Waals surface area contributed by atoms with Gasteiger partial charge in [0, 0.05) is 11.8 Å². The number of amides is 1. The monoisotopic (exact) mass is 546 g/mol. The molecule has 1 aromatic heterocycles. The molecule has 0 bridgehead atoms. The molecule has 3 rings (SSSR count). The minimum absolute atomic E-state index is 0.0350. The zero-order valence-corrected chi connectivity index (χ0v) is 22.5. The van der Waals surface area contributed by atoms with Crippen LogP contribution in [-0.2, 0) is 11.2 Å². The van der Waals surface area contributed by atoms with Gasteiger partial charge in [-0.15, -0.1) is 0 Å². The second kappa shape index (κ2) is 15.7. The van der Waals surface area contributed by atoms with E-state index in [1.54, 1.807) is 19.2 Å². The first kappa shape index (κ1) is 29.9. The summed E-state index contributed by atoms with van der Waals surface area (Å²) in [7, 11) is 1.66. The van der Waals surface area contributed by atoms with E-state index in [9.17, 15) is 14.4 Å². The molecule has 0 saturated heterocycles. The van der Waals surface area contributed by atoms with Crippen molar-refractivity contribution in [1.29, 1.82) is 0 Å². The Balaban J connectivity index is 1.46. The second-order valence-corrected chi connectivity index (χ2v) is 9.16. The van der Waals surface area contributed by atoms with E-state index in [0.717, 1.165) is 56.8 Å². The Bertz CT molecular complexity index is 1320. The average molecular weight is 547 g/mol. The number of carboxylic acid groups (broad SMARTS) is 2. The summed E-state index contributed by atoms with van der Waals surface area (Å²) in [5.74, 6) is -1.58. The first-order chi connectivity index (χ1) is 19.4. The largest absolute Gasteiger partial charge is 0.497 e. The third-order valence-corrected chi connectivity index (χ3v) is 6.15. The van der Waals surface area contributed by atoms with Crippen molar-refractivity contribution in [1.82, 2.24) is 4.98 Å². The highest BCUT2D eigenvalue weighted by Gasteiger charge is 2.13. The van der Waals surface area contributed by atoms with Gasteiger partial charge < -0.3 is 25.0 Å². The van der Waals surface area contributed by atoms with E-state index in [2.05, 4.69) is 22.4 Å². The average Bonchev–Trinajstić information content (AvgIpc) is 2.95. The predicted octanol–water partition coefficient (Wildman–Crippen LogP) is 6.10. The van der Waals surface area contributed by atoms with Crippen molar-refractivity contribution < 1.29 is 34.1 Å². The third-order valence-electron chi connectivity index (χ3n) is 6.15.